The van der Waals surface area contributed by atoms with Gasteiger partial charge < -0.3 is 10.5 Å². The number of thiophene rings is 1. The largest absolute Gasteiger partial charge is 0.474 e. The van der Waals surface area contributed by atoms with Crippen molar-refractivity contribution in [2.24, 2.45) is 5.73 Å². The Labute approximate surface area is 102 Å². The topological polar surface area (TPSA) is 35.2 Å². The van der Waals surface area contributed by atoms with Crippen molar-refractivity contribution in [3.63, 3.8) is 0 Å². The molecule has 1 unspecified atom stereocenters. The SMILES string of the molecule is Cc1cc(C(C)N)sc1OCC(F)(F)F.Cl. The third kappa shape index (κ3) is 4.59. The number of halogens is 4. The molecule has 0 saturated carbocycles. The molecule has 0 amide bonds. The van der Waals surface area contributed by atoms with E-state index in [1.165, 1.54) is 0 Å². The van der Waals surface area contributed by atoms with Crippen LogP contribution in [0.3, 0.4) is 0 Å². The van der Waals surface area contributed by atoms with E-state index in [4.69, 9.17) is 5.73 Å². The van der Waals surface area contributed by atoms with E-state index in [1.54, 1.807) is 19.9 Å². The third-order valence-electron chi connectivity index (χ3n) is 1.71. The van der Waals surface area contributed by atoms with Crippen LogP contribution in [0.15, 0.2) is 6.07 Å². The molecule has 0 aliphatic carbocycles. The van der Waals surface area contributed by atoms with E-state index in [0.717, 1.165) is 16.2 Å². The summed E-state index contributed by atoms with van der Waals surface area (Å²) < 4.78 is 40.3. The Kier molecular flexibility index (Phi) is 5.58. The van der Waals surface area contributed by atoms with Gasteiger partial charge in [0.25, 0.3) is 0 Å². The van der Waals surface area contributed by atoms with Crippen molar-refractivity contribution in [2.75, 3.05) is 6.61 Å². The van der Waals surface area contributed by atoms with Crippen molar-refractivity contribution in [3.8, 4) is 5.06 Å². The Morgan fingerprint density at radius 2 is 2.06 bits per heavy atom. The molecule has 2 nitrogen and oxygen atoms in total. The van der Waals surface area contributed by atoms with Gasteiger partial charge in [0.1, 0.15) is 0 Å². The maximum absolute atomic E-state index is 11.9. The van der Waals surface area contributed by atoms with Gasteiger partial charge >= 0.3 is 6.18 Å². The molecule has 0 spiro atoms. The molecule has 16 heavy (non-hydrogen) atoms. The smallest absolute Gasteiger partial charge is 0.422 e. The number of alkyl halides is 3. The van der Waals surface area contributed by atoms with E-state index in [0.29, 0.717) is 10.6 Å². The molecule has 0 aromatic carbocycles. The standard InChI is InChI=1S/C9H12F3NOS.ClH/c1-5-3-7(6(2)13)15-8(5)14-4-9(10,11)12;/h3,6H,4,13H2,1-2H3;1H. The van der Waals surface area contributed by atoms with Crippen LogP contribution in [0.2, 0.25) is 0 Å². The summed E-state index contributed by atoms with van der Waals surface area (Å²) >= 11 is 1.16. The molecule has 0 fully saturated rings. The molecule has 0 aliphatic rings. The molecule has 0 bridgehead atoms. The summed E-state index contributed by atoms with van der Waals surface area (Å²) in [4.78, 5) is 0.824. The zero-order chi connectivity index (χ0) is 11.6. The summed E-state index contributed by atoms with van der Waals surface area (Å²) in [5, 5.41) is 0.291. The predicted molar refractivity (Wildman–Crippen MR) is 60.5 cm³/mol. The van der Waals surface area contributed by atoms with Crippen molar-refractivity contribution in [2.45, 2.75) is 26.1 Å². The van der Waals surface area contributed by atoms with Crippen molar-refractivity contribution in [3.05, 3.63) is 16.5 Å². The van der Waals surface area contributed by atoms with Crippen LogP contribution < -0.4 is 10.5 Å². The highest BCUT2D eigenvalue weighted by atomic mass is 35.5. The van der Waals surface area contributed by atoms with Gasteiger partial charge in [0.05, 0.1) is 0 Å². The summed E-state index contributed by atoms with van der Waals surface area (Å²) in [7, 11) is 0. The molecule has 1 atom stereocenters. The van der Waals surface area contributed by atoms with Crippen LogP contribution in [0.4, 0.5) is 13.2 Å². The minimum atomic E-state index is -4.30. The zero-order valence-corrected chi connectivity index (χ0v) is 10.4. The highest BCUT2D eigenvalue weighted by Gasteiger charge is 2.29. The van der Waals surface area contributed by atoms with Crippen molar-refractivity contribution in [1.82, 2.24) is 0 Å². The number of hydrogen-bond donors (Lipinski definition) is 1. The fourth-order valence-electron chi connectivity index (χ4n) is 1.00. The lowest BCUT2D eigenvalue weighted by atomic mass is 10.2. The van der Waals surface area contributed by atoms with Gasteiger partial charge in [-0.15, -0.1) is 23.7 Å². The minimum absolute atomic E-state index is 0. The van der Waals surface area contributed by atoms with Gasteiger partial charge in [-0.25, -0.2) is 0 Å². The fraction of sp³-hybridized carbons (Fsp3) is 0.556. The van der Waals surface area contributed by atoms with E-state index < -0.39 is 12.8 Å². The molecule has 0 saturated heterocycles. The van der Waals surface area contributed by atoms with E-state index in [-0.39, 0.29) is 18.4 Å². The quantitative estimate of drug-likeness (QED) is 0.917. The van der Waals surface area contributed by atoms with Crippen molar-refractivity contribution < 1.29 is 17.9 Å². The highest BCUT2D eigenvalue weighted by Crippen LogP contribution is 2.33. The van der Waals surface area contributed by atoms with Gasteiger partial charge in [-0.3, -0.25) is 0 Å². The first-order chi connectivity index (χ1) is 6.79. The monoisotopic (exact) mass is 275 g/mol. The summed E-state index contributed by atoms with van der Waals surface area (Å²) in [5.74, 6) is 0. The highest BCUT2D eigenvalue weighted by molar-refractivity contribution is 7.14. The second-order valence-electron chi connectivity index (χ2n) is 3.31. The lowest BCUT2D eigenvalue weighted by molar-refractivity contribution is -0.153. The Morgan fingerprint density at radius 1 is 1.50 bits per heavy atom. The lowest BCUT2D eigenvalue weighted by Gasteiger charge is -2.07. The van der Waals surface area contributed by atoms with E-state index >= 15 is 0 Å². The zero-order valence-electron chi connectivity index (χ0n) is 8.80. The van der Waals surface area contributed by atoms with E-state index in [2.05, 4.69) is 4.74 Å². The van der Waals surface area contributed by atoms with E-state index in [1.807, 2.05) is 0 Å². The van der Waals surface area contributed by atoms with Gasteiger partial charge in [0.2, 0.25) is 0 Å². The Hall–Kier alpha value is -0.460. The second-order valence-corrected chi connectivity index (χ2v) is 4.36. The number of aryl methyl sites for hydroxylation is 1. The third-order valence-corrected chi connectivity index (χ3v) is 3.06. The maximum atomic E-state index is 11.9. The van der Waals surface area contributed by atoms with Crippen LogP contribution in [-0.4, -0.2) is 12.8 Å². The number of nitrogens with two attached hydrogens (primary N) is 1. The van der Waals surface area contributed by atoms with Crippen LogP contribution in [-0.2, 0) is 0 Å². The molecule has 7 heteroatoms. The molecular formula is C9H13ClF3NOS. The Balaban J connectivity index is 0.00000225. The molecule has 1 aromatic rings. The summed E-state index contributed by atoms with van der Waals surface area (Å²) in [6.45, 7) is 2.22. The van der Waals surface area contributed by atoms with Crippen LogP contribution in [0.5, 0.6) is 5.06 Å². The van der Waals surface area contributed by atoms with Gasteiger partial charge in [0, 0.05) is 16.5 Å². The molecule has 0 aliphatic heterocycles. The molecule has 1 rings (SSSR count). The van der Waals surface area contributed by atoms with Crippen LogP contribution in [0.25, 0.3) is 0 Å². The molecular weight excluding hydrogens is 263 g/mol. The van der Waals surface area contributed by atoms with Gasteiger partial charge in [-0.1, -0.05) is 0 Å². The summed E-state index contributed by atoms with van der Waals surface area (Å²) in [6, 6.07) is 1.57. The van der Waals surface area contributed by atoms with Crippen LogP contribution >= 0.6 is 23.7 Å². The van der Waals surface area contributed by atoms with Crippen molar-refractivity contribution >= 4 is 23.7 Å². The average molecular weight is 276 g/mol. The van der Waals surface area contributed by atoms with Crippen LogP contribution in [0, 0.1) is 6.92 Å². The van der Waals surface area contributed by atoms with E-state index in [9.17, 15) is 13.2 Å². The second kappa shape index (κ2) is 5.75. The maximum Gasteiger partial charge on any atom is 0.422 e. The molecule has 2 N–H and O–H groups in total. The van der Waals surface area contributed by atoms with Crippen molar-refractivity contribution in [1.29, 1.82) is 0 Å². The van der Waals surface area contributed by atoms with Gasteiger partial charge in [0.15, 0.2) is 11.7 Å². The Bertz CT molecular complexity index is 338. The van der Waals surface area contributed by atoms with Gasteiger partial charge in [-0.05, 0) is 19.9 Å². The normalized spacial score (nSPS) is 13.1. The summed E-state index contributed by atoms with van der Waals surface area (Å²) in [5.41, 5.74) is 6.30. The first kappa shape index (κ1) is 15.5. The molecule has 0 radical (unpaired) electrons. The first-order valence-electron chi connectivity index (χ1n) is 4.35. The minimum Gasteiger partial charge on any atom is -0.474 e. The Morgan fingerprint density at radius 3 is 2.44 bits per heavy atom. The summed E-state index contributed by atoms with van der Waals surface area (Å²) in [6.07, 6.45) is -4.30. The molecule has 94 valence electrons. The number of ether oxygens (including phenoxy) is 1. The molecule has 1 aromatic heterocycles. The fourth-order valence-corrected chi connectivity index (χ4v) is 1.98. The average Bonchev–Trinajstić information content (AvgIpc) is 2.42. The lowest BCUT2D eigenvalue weighted by Crippen LogP contribution is -2.19. The number of hydrogen-bond acceptors (Lipinski definition) is 3. The number of rotatable bonds is 3. The van der Waals surface area contributed by atoms with Gasteiger partial charge in [-0.2, -0.15) is 13.2 Å². The molecule has 1 heterocycles. The first-order valence-corrected chi connectivity index (χ1v) is 5.16. The predicted octanol–water partition coefficient (Wildman–Crippen LogP) is 3.44. The van der Waals surface area contributed by atoms with Crippen LogP contribution in [0.1, 0.15) is 23.4 Å².